The van der Waals surface area contributed by atoms with Crippen LogP contribution in [-0.2, 0) is 18.3 Å². The molecular formula is C19H19N3O2. The van der Waals surface area contributed by atoms with Crippen LogP contribution in [0.3, 0.4) is 0 Å². The Kier molecular flexibility index (Phi) is 3.30. The lowest BCUT2D eigenvalue weighted by Crippen LogP contribution is -2.25. The number of anilines is 1. The number of benzene rings is 2. The molecule has 1 amide bonds. The molecule has 2 heterocycles. The molecule has 0 radical (unpaired) electrons. The maximum atomic E-state index is 12.1. The lowest BCUT2D eigenvalue weighted by molar-refractivity contribution is -0.117. The number of methoxy groups -OCH3 is 1. The fourth-order valence-electron chi connectivity index (χ4n) is 3.40. The second kappa shape index (κ2) is 5.37. The molecular weight excluding hydrogens is 302 g/mol. The third kappa shape index (κ3) is 2.08. The van der Waals surface area contributed by atoms with Gasteiger partial charge in [-0.2, -0.15) is 0 Å². The van der Waals surface area contributed by atoms with E-state index in [1.54, 1.807) is 7.11 Å². The molecule has 0 saturated carbocycles. The summed E-state index contributed by atoms with van der Waals surface area (Å²) < 4.78 is 7.30. The van der Waals surface area contributed by atoms with E-state index in [0.717, 1.165) is 39.4 Å². The molecule has 1 aliphatic heterocycles. The monoisotopic (exact) mass is 321 g/mol. The van der Waals surface area contributed by atoms with Crippen LogP contribution in [-0.4, -0.2) is 29.1 Å². The predicted octanol–water partition coefficient (Wildman–Crippen LogP) is 3.16. The summed E-state index contributed by atoms with van der Waals surface area (Å²) in [5, 5.41) is 0. The summed E-state index contributed by atoms with van der Waals surface area (Å²) in [5.74, 6) is 1.90. The molecule has 3 aromatic rings. The van der Waals surface area contributed by atoms with Gasteiger partial charge in [0.1, 0.15) is 11.6 Å². The van der Waals surface area contributed by atoms with Crippen LogP contribution in [0.5, 0.6) is 5.75 Å². The quantitative estimate of drug-likeness (QED) is 0.744. The van der Waals surface area contributed by atoms with Crippen molar-refractivity contribution in [3.05, 3.63) is 42.0 Å². The molecule has 0 N–H and O–H groups in total. The van der Waals surface area contributed by atoms with Crippen molar-refractivity contribution in [2.45, 2.75) is 13.3 Å². The van der Waals surface area contributed by atoms with Gasteiger partial charge in [0.15, 0.2) is 0 Å². The SMILES string of the molecule is CCN1C(=O)Cc2cc3c(cc21)nc(-c1ccc(OC)cc1)n3C. The van der Waals surface area contributed by atoms with Crippen molar-refractivity contribution in [1.82, 2.24) is 9.55 Å². The third-order valence-corrected chi connectivity index (χ3v) is 4.68. The number of aromatic nitrogens is 2. The van der Waals surface area contributed by atoms with Crippen molar-refractivity contribution in [1.29, 1.82) is 0 Å². The molecule has 4 rings (SSSR count). The highest BCUT2D eigenvalue weighted by Crippen LogP contribution is 2.34. The highest BCUT2D eigenvalue weighted by Gasteiger charge is 2.27. The average molecular weight is 321 g/mol. The minimum Gasteiger partial charge on any atom is -0.497 e. The minimum atomic E-state index is 0.165. The lowest BCUT2D eigenvalue weighted by atomic mass is 10.1. The average Bonchev–Trinajstić information content (AvgIpc) is 3.09. The molecule has 2 aromatic carbocycles. The number of hydrogen-bond donors (Lipinski definition) is 0. The van der Waals surface area contributed by atoms with E-state index < -0.39 is 0 Å². The van der Waals surface area contributed by atoms with Crippen molar-refractivity contribution in [3.8, 4) is 17.1 Å². The van der Waals surface area contributed by atoms with Crippen LogP contribution in [0, 0.1) is 0 Å². The summed E-state index contributed by atoms with van der Waals surface area (Å²) in [7, 11) is 3.67. The Morgan fingerprint density at radius 1 is 1.21 bits per heavy atom. The summed E-state index contributed by atoms with van der Waals surface area (Å²) in [6.45, 7) is 2.69. The van der Waals surface area contributed by atoms with Gasteiger partial charge in [-0.25, -0.2) is 4.98 Å². The van der Waals surface area contributed by atoms with Gasteiger partial charge in [-0.1, -0.05) is 0 Å². The number of imidazole rings is 1. The normalized spacial score (nSPS) is 13.6. The molecule has 0 spiro atoms. The number of carbonyl (C=O) groups is 1. The van der Waals surface area contributed by atoms with Crippen LogP contribution in [0.2, 0.25) is 0 Å². The first kappa shape index (κ1) is 14.8. The first-order valence-corrected chi connectivity index (χ1v) is 8.06. The fraction of sp³-hybridized carbons (Fsp3) is 0.263. The van der Waals surface area contributed by atoms with E-state index >= 15 is 0 Å². The first-order valence-electron chi connectivity index (χ1n) is 8.06. The Labute approximate surface area is 140 Å². The van der Waals surface area contributed by atoms with Gasteiger partial charge in [0.25, 0.3) is 0 Å². The van der Waals surface area contributed by atoms with Crippen LogP contribution in [0.15, 0.2) is 36.4 Å². The summed E-state index contributed by atoms with van der Waals surface area (Å²) in [6, 6.07) is 12.0. The maximum Gasteiger partial charge on any atom is 0.231 e. The Hall–Kier alpha value is -2.82. The van der Waals surface area contributed by atoms with Crippen molar-refractivity contribution in [2.75, 3.05) is 18.6 Å². The molecule has 0 atom stereocenters. The number of rotatable bonds is 3. The first-order chi connectivity index (χ1) is 11.6. The number of fused-ring (bicyclic) bond motifs is 2. The molecule has 0 unspecified atom stereocenters. The topological polar surface area (TPSA) is 47.4 Å². The van der Waals surface area contributed by atoms with E-state index in [4.69, 9.17) is 9.72 Å². The summed E-state index contributed by atoms with van der Waals surface area (Å²) >= 11 is 0. The largest absolute Gasteiger partial charge is 0.497 e. The zero-order valence-corrected chi connectivity index (χ0v) is 14.0. The Balaban J connectivity index is 1.85. The van der Waals surface area contributed by atoms with E-state index in [0.29, 0.717) is 13.0 Å². The number of nitrogens with zero attached hydrogens (tertiary/aromatic N) is 3. The molecule has 0 saturated heterocycles. The van der Waals surface area contributed by atoms with Crippen LogP contribution in [0.1, 0.15) is 12.5 Å². The van der Waals surface area contributed by atoms with Crippen LogP contribution >= 0.6 is 0 Å². The minimum absolute atomic E-state index is 0.165. The molecule has 0 aliphatic carbocycles. The van der Waals surface area contributed by atoms with Gasteiger partial charge in [-0.05, 0) is 48.9 Å². The Morgan fingerprint density at radius 2 is 1.96 bits per heavy atom. The molecule has 0 fully saturated rings. The third-order valence-electron chi connectivity index (χ3n) is 4.68. The molecule has 122 valence electrons. The van der Waals surface area contributed by atoms with Gasteiger partial charge in [-0.3, -0.25) is 4.79 Å². The zero-order valence-electron chi connectivity index (χ0n) is 14.0. The van der Waals surface area contributed by atoms with Crippen molar-refractivity contribution in [2.24, 2.45) is 7.05 Å². The van der Waals surface area contributed by atoms with Gasteiger partial charge >= 0.3 is 0 Å². The number of hydrogen-bond acceptors (Lipinski definition) is 3. The van der Waals surface area contributed by atoms with Crippen molar-refractivity contribution >= 4 is 22.6 Å². The van der Waals surface area contributed by atoms with Crippen LogP contribution in [0.25, 0.3) is 22.4 Å². The van der Waals surface area contributed by atoms with Gasteiger partial charge in [-0.15, -0.1) is 0 Å². The summed E-state index contributed by atoms with van der Waals surface area (Å²) in [4.78, 5) is 18.7. The van der Waals surface area contributed by atoms with Crippen molar-refractivity contribution < 1.29 is 9.53 Å². The number of amides is 1. The van der Waals surface area contributed by atoms with Gasteiger partial charge in [0.2, 0.25) is 5.91 Å². The number of likely N-dealkylation sites (N-methyl/N-ethyl adjacent to an activating group) is 1. The van der Waals surface area contributed by atoms with Gasteiger partial charge < -0.3 is 14.2 Å². The van der Waals surface area contributed by atoms with Gasteiger partial charge in [0, 0.05) is 24.8 Å². The van der Waals surface area contributed by atoms with E-state index in [1.165, 1.54) is 0 Å². The van der Waals surface area contributed by atoms with E-state index in [1.807, 2.05) is 49.2 Å². The van der Waals surface area contributed by atoms with Crippen LogP contribution < -0.4 is 9.64 Å². The molecule has 5 nitrogen and oxygen atoms in total. The summed E-state index contributed by atoms with van der Waals surface area (Å²) in [6.07, 6.45) is 0.474. The van der Waals surface area contributed by atoms with Gasteiger partial charge in [0.05, 0.1) is 24.6 Å². The zero-order chi connectivity index (χ0) is 16.8. The molecule has 0 bridgehead atoms. The molecule has 1 aromatic heterocycles. The summed E-state index contributed by atoms with van der Waals surface area (Å²) in [5.41, 5.74) is 5.08. The second-order valence-corrected chi connectivity index (χ2v) is 6.01. The predicted molar refractivity (Wildman–Crippen MR) is 94.4 cm³/mol. The molecule has 24 heavy (non-hydrogen) atoms. The number of ether oxygens (including phenoxy) is 1. The molecule has 1 aliphatic rings. The van der Waals surface area contributed by atoms with Crippen molar-refractivity contribution in [3.63, 3.8) is 0 Å². The lowest BCUT2D eigenvalue weighted by Gasteiger charge is -2.14. The van der Waals surface area contributed by atoms with Crippen LogP contribution in [0.4, 0.5) is 5.69 Å². The Bertz CT molecular complexity index is 941. The van der Waals surface area contributed by atoms with E-state index in [2.05, 4.69) is 10.6 Å². The van der Waals surface area contributed by atoms with E-state index in [9.17, 15) is 4.79 Å². The smallest absolute Gasteiger partial charge is 0.231 e. The van der Waals surface area contributed by atoms with E-state index in [-0.39, 0.29) is 5.91 Å². The molecule has 5 heteroatoms. The maximum absolute atomic E-state index is 12.1. The Morgan fingerprint density at radius 3 is 2.62 bits per heavy atom. The standard InChI is InChI=1S/C19H19N3O2/c1-4-22-16-11-15-17(9-13(16)10-18(22)23)21(2)19(20-15)12-5-7-14(24-3)8-6-12/h5-9,11H,4,10H2,1-3H3. The second-order valence-electron chi connectivity index (χ2n) is 6.01. The highest BCUT2D eigenvalue weighted by molar-refractivity contribution is 6.04. The highest BCUT2D eigenvalue weighted by atomic mass is 16.5. The number of carbonyl (C=O) groups excluding carboxylic acids is 1. The number of aryl methyl sites for hydroxylation is 1. The fourth-order valence-corrected chi connectivity index (χ4v) is 3.40.